The SMILES string of the molecule is CCOC(CNC(=O)c1ccc(CCl)cc1)OCC. The van der Waals surface area contributed by atoms with Gasteiger partial charge in [0.15, 0.2) is 6.29 Å². The largest absolute Gasteiger partial charge is 0.351 e. The molecule has 5 heteroatoms. The first-order chi connectivity index (χ1) is 9.21. The summed E-state index contributed by atoms with van der Waals surface area (Å²) in [4.78, 5) is 11.9. The van der Waals surface area contributed by atoms with Crippen LogP contribution < -0.4 is 5.32 Å². The predicted molar refractivity (Wildman–Crippen MR) is 75.4 cm³/mol. The summed E-state index contributed by atoms with van der Waals surface area (Å²) in [5.74, 6) is 0.295. The van der Waals surface area contributed by atoms with Gasteiger partial charge in [-0.2, -0.15) is 0 Å². The Morgan fingerprint density at radius 3 is 2.26 bits per heavy atom. The Bertz CT molecular complexity index is 375. The van der Waals surface area contributed by atoms with Crippen LogP contribution in [0.2, 0.25) is 0 Å². The first-order valence-electron chi connectivity index (χ1n) is 6.37. The molecule has 0 saturated heterocycles. The van der Waals surface area contributed by atoms with Crippen LogP contribution in [0.15, 0.2) is 24.3 Å². The molecule has 1 aromatic carbocycles. The number of carbonyl (C=O) groups excluding carboxylic acids is 1. The van der Waals surface area contributed by atoms with Gasteiger partial charge in [-0.15, -0.1) is 11.6 Å². The molecule has 0 aliphatic carbocycles. The maximum absolute atomic E-state index is 11.9. The van der Waals surface area contributed by atoms with Gasteiger partial charge >= 0.3 is 0 Å². The molecule has 0 aliphatic heterocycles. The Hall–Kier alpha value is -1.10. The van der Waals surface area contributed by atoms with E-state index in [1.54, 1.807) is 12.1 Å². The second-order valence-electron chi connectivity index (χ2n) is 3.88. The smallest absolute Gasteiger partial charge is 0.251 e. The molecular formula is C14H20ClNO3. The first-order valence-corrected chi connectivity index (χ1v) is 6.91. The summed E-state index contributed by atoms with van der Waals surface area (Å²) in [6.45, 7) is 5.20. The van der Waals surface area contributed by atoms with Crippen LogP contribution in [0.3, 0.4) is 0 Å². The molecule has 0 radical (unpaired) electrons. The number of alkyl halides is 1. The van der Waals surface area contributed by atoms with Crippen LogP contribution in [0.4, 0.5) is 0 Å². The summed E-state index contributed by atoms with van der Waals surface area (Å²) < 4.78 is 10.7. The quantitative estimate of drug-likeness (QED) is 0.590. The summed E-state index contributed by atoms with van der Waals surface area (Å²) >= 11 is 5.70. The van der Waals surface area contributed by atoms with Gasteiger partial charge in [0.1, 0.15) is 0 Å². The zero-order valence-electron chi connectivity index (χ0n) is 11.3. The molecule has 1 N–H and O–H groups in total. The lowest BCUT2D eigenvalue weighted by Gasteiger charge is -2.17. The molecule has 0 atom stereocenters. The average Bonchev–Trinajstić information content (AvgIpc) is 2.45. The van der Waals surface area contributed by atoms with Crippen LogP contribution >= 0.6 is 11.6 Å². The monoisotopic (exact) mass is 285 g/mol. The number of benzene rings is 1. The van der Waals surface area contributed by atoms with Crippen molar-refractivity contribution in [3.63, 3.8) is 0 Å². The van der Waals surface area contributed by atoms with Gasteiger partial charge in [0.25, 0.3) is 5.91 Å². The highest BCUT2D eigenvalue weighted by Crippen LogP contribution is 2.07. The molecule has 0 heterocycles. The first kappa shape index (κ1) is 16.0. The fourth-order valence-corrected chi connectivity index (χ4v) is 1.74. The Balaban J connectivity index is 2.48. The van der Waals surface area contributed by atoms with Gasteiger partial charge in [-0.25, -0.2) is 0 Å². The van der Waals surface area contributed by atoms with Crippen LogP contribution in [-0.4, -0.2) is 32.0 Å². The fraction of sp³-hybridized carbons (Fsp3) is 0.500. The molecule has 106 valence electrons. The number of amides is 1. The number of rotatable bonds is 8. The molecule has 4 nitrogen and oxygen atoms in total. The van der Waals surface area contributed by atoms with E-state index in [1.165, 1.54) is 0 Å². The highest BCUT2D eigenvalue weighted by Gasteiger charge is 2.11. The Labute approximate surface area is 119 Å². The molecule has 19 heavy (non-hydrogen) atoms. The second-order valence-corrected chi connectivity index (χ2v) is 4.15. The molecule has 0 aliphatic rings. The maximum Gasteiger partial charge on any atom is 0.251 e. The molecule has 0 fully saturated rings. The zero-order valence-corrected chi connectivity index (χ0v) is 12.1. The normalized spacial score (nSPS) is 10.7. The van der Waals surface area contributed by atoms with Crippen molar-refractivity contribution in [3.8, 4) is 0 Å². The minimum Gasteiger partial charge on any atom is -0.351 e. The predicted octanol–water partition coefficient (Wildman–Crippen LogP) is 2.55. The lowest BCUT2D eigenvalue weighted by atomic mass is 10.1. The summed E-state index contributed by atoms with van der Waals surface area (Å²) in [6.07, 6.45) is -0.402. The van der Waals surface area contributed by atoms with E-state index in [2.05, 4.69) is 5.32 Å². The van der Waals surface area contributed by atoms with Gasteiger partial charge in [0.05, 0.1) is 6.54 Å². The van der Waals surface area contributed by atoms with Crippen molar-refractivity contribution in [1.82, 2.24) is 5.32 Å². The summed E-state index contributed by atoms with van der Waals surface area (Å²) in [7, 11) is 0. The molecule has 1 amide bonds. The van der Waals surface area contributed by atoms with E-state index in [0.717, 1.165) is 5.56 Å². The van der Waals surface area contributed by atoms with Gasteiger partial charge in [-0.3, -0.25) is 4.79 Å². The highest BCUT2D eigenvalue weighted by molar-refractivity contribution is 6.17. The Morgan fingerprint density at radius 2 is 1.79 bits per heavy atom. The van der Waals surface area contributed by atoms with E-state index in [1.807, 2.05) is 26.0 Å². The second kappa shape index (κ2) is 8.91. The van der Waals surface area contributed by atoms with Crippen LogP contribution in [0.1, 0.15) is 29.8 Å². The van der Waals surface area contributed by atoms with Gasteiger partial charge in [-0.1, -0.05) is 12.1 Å². The third-order valence-electron chi connectivity index (χ3n) is 2.50. The minimum absolute atomic E-state index is 0.148. The lowest BCUT2D eigenvalue weighted by Crippen LogP contribution is -2.35. The molecule has 1 rings (SSSR count). The van der Waals surface area contributed by atoms with E-state index in [4.69, 9.17) is 21.1 Å². The molecular weight excluding hydrogens is 266 g/mol. The number of carbonyl (C=O) groups is 1. The molecule has 1 aromatic rings. The van der Waals surface area contributed by atoms with Crippen molar-refractivity contribution in [2.75, 3.05) is 19.8 Å². The standard InChI is InChI=1S/C14H20ClNO3/c1-3-18-13(19-4-2)10-16-14(17)12-7-5-11(9-15)6-8-12/h5-8,13H,3-4,9-10H2,1-2H3,(H,16,17). The van der Waals surface area contributed by atoms with Crippen molar-refractivity contribution in [2.24, 2.45) is 0 Å². The van der Waals surface area contributed by atoms with Crippen molar-refractivity contribution in [3.05, 3.63) is 35.4 Å². The molecule has 0 spiro atoms. The summed E-state index contributed by atoms with van der Waals surface area (Å²) in [5.41, 5.74) is 1.58. The fourth-order valence-electron chi connectivity index (χ4n) is 1.56. The van der Waals surface area contributed by atoms with Crippen LogP contribution in [0.5, 0.6) is 0 Å². The molecule has 0 bridgehead atoms. The van der Waals surface area contributed by atoms with Crippen LogP contribution in [-0.2, 0) is 15.4 Å². The Kier molecular flexibility index (Phi) is 7.48. The molecule has 0 aromatic heterocycles. The molecule has 0 unspecified atom stereocenters. The highest BCUT2D eigenvalue weighted by atomic mass is 35.5. The third kappa shape index (κ3) is 5.59. The van der Waals surface area contributed by atoms with E-state index in [9.17, 15) is 4.79 Å². The Morgan fingerprint density at radius 1 is 1.21 bits per heavy atom. The van der Waals surface area contributed by atoms with E-state index in [0.29, 0.717) is 31.2 Å². The number of hydrogen-bond acceptors (Lipinski definition) is 3. The van der Waals surface area contributed by atoms with Gasteiger partial charge < -0.3 is 14.8 Å². The minimum atomic E-state index is -0.402. The number of nitrogens with one attached hydrogen (secondary N) is 1. The lowest BCUT2D eigenvalue weighted by molar-refractivity contribution is -0.131. The van der Waals surface area contributed by atoms with E-state index >= 15 is 0 Å². The van der Waals surface area contributed by atoms with E-state index < -0.39 is 6.29 Å². The van der Waals surface area contributed by atoms with Gasteiger partial charge in [0.2, 0.25) is 0 Å². The number of halogens is 1. The molecule has 0 saturated carbocycles. The van der Waals surface area contributed by atoms with Gasteiger partial charge in [0, 0.05) is 24.7 Å². The van der Waals surface area contributed by atoms with Crippen molar-refractivity contribution >= 4 is 17.5 Å². The van der Waals surface area contributed by atoms with Gasteiger partial charge in [-0.05, 0) is 31.5 Å². The van der Waals surface area contributed by atoms with Crippen LogP contribution in [0.25, 0.3) is 0 Å². The summed E-state index contributed by atoms with van der Waals surface area (Å²) in [5, 5.41) is 2.78. The van der Waals surface area contributed by atoms with Crippen molar-refractivity contribution < 1.29 is 14.3 Å². The number of hydrogen-bond donors (Lipinski definition) is 1. The van der Waals surface area contributed by atoms with Crippen LogP contribution in [0, 0.1) is 0 Å². The number of ether oxygens (including phenoxy) is 2. The van der Waals surface area contributed by atoms with Crippen molar-refractivity contribution in [2.45, 2.75) is 26.0 Å². The van der Waals surface area contributed by atoms with E-state index in [-0.39, 0.29) is 5.91 Å². The topological polar surface area (TPSA) is 47.6 Å². The zero-order chi connectivity index (χ0) is 14.1. The average molecular weight is 286 g/mol. The maximum atomic E-state index is 11.9. The summed E-state index contributed by atoms with van der Waals surface area (Å²) in [6, 6.07) is 7.18. The van der Waals surface area contributed by atoms with Crippen molar-refractivity contribution in [1.29, 1.82) is 0 Å². The third-order valence-corrected chi connectivity index (χ3v) is 2.81.